The van der Waals surface area contributed by atoms with Crippen molar-refractivity contribution in [2.45, 2.75) is 24.9 Å². The number of hydrogen-bond donors (Lipinski definition) is 0. The molecule has 4 rings (SSSR count). The zero-order chi connectivity index (χ0) is 14.4. The average molecular weight is 305 g/mol. The third-order valence-electron chi connectivity index (χ3n) is 3.62. The summed E-state index contributed by atoms with van der Waals surface area (Å²) in [7, 11) is 0. The molecule has 0 radical (unpaired) electrons. The number of carbonyl (C=O) groups excluding carboxylic acids is 1. The van der Waals surface area contributed by atoms with Gasteiger partial charge >= 0.3 is 0 Å². The second-order valence-corrected chi connectivity index (χ2v) is 5.27. The Bertz CT molecular complexity index is 743. The Kier molecular flexibility index (Phi) is 2.91. The van der Waals surface area contributed by atoms with E-state index in [4.69, 9.17) is 21.7 Å². The predicted octanol–water partition coefficient (Wildman–Crippen LogP) is 0.449. The van der Waals surface area contributed by atoms with E-state index in [1.165, 1.54) is 4.68 Å². The van der Waals surface area contributed by atoms with Crippen LogP contribution >= 0.6 is 12.2 Å². The summed E-state index contributed by atoms with van der Waals surface area (Å²) >= 11 is 5.41. The molecule has 2 saturated heterocycles. The second-order valence-electron chi connectivity index (χ2n) is 4.91. The molecule has 0 N–H and O–H groups in total. The highest BCUT2D eigenvalue weighted by Crippen LogP contribution is 2.32. The summed E-state index contributed by atoms with van der Waals surface area (Å²) in [4.78, 5) is 15.9. The van der Waals surface area contributed by atoms with Gasteiger partial charge in [-0.3, -0.25) is 9.78 Å². The van der Waals surface area contributed by atoms with Gasteiger partial charge in [0.25, 0.3) is 0 Å². The van der Waals surface area contributed by atoms with Crippen molar-refractivity contribution >= 4 is 18.0 Å². The van der Waals surface area contributed by atoms with E-state index in [-0.39, 0.29) is 24.3 Å². The maximum Gasteiger partial charge on any atom is 0.221 e. The first-order valence-corrected chi connectivity index (χ1v) is 6.89. The lowest BCUT2D eigenvalue weighted by atomic mass is 10.0. The SMILES string of the molecule is O=C1C[C@H](n2nnn(-c3cccnc3)c2=S)[C@H]2CO[C@@H]1O2. The number of rotatable bonds is 2. The third kappa shape index (κ3) is 2.01. The molecule has 0 aromatic carbocycles. The number of fused-ring (bicyclic) bond motifs is 2. The lowest BCUT2D eigenvalue weighted by molar-refractivity contribution is -0.156. The fourth-order valence-electron chi connectivity index (χ4n) is 2.57. The number of carbonyl (C=O) groups is 1. The van der Waals surface area contributed by atoms with Crippen LogP contribution in [0.25, 0.3) is 5.69 Å². The van der Waals surface area contributed by atoms with Crippen molar-refractivity contribution in [2.75, 3.05) is 6.61 Å². The number of pyridine rings is 1. The smallest absolute Gasteiger partial charge is 0.221 e. The summed E-state index contributed by atoms with van der Waals surface area (Å²) in [6.45, 7) is 0.364. The molecule has 9 heteroatoms. The van der Waals surface area contributed by atoms with E-state index in [2.05, 4.69) is 15.4 Å². The van der Waals surface area contributed by atoms with Gasteiger partial charge in [-0.1, -0.05) is 0 Å². The highest BCUT2D eigenvalue weighted by molar-refractivity contribution is 7.71. The minimum absolute atomic E-state index is 0.0911. The molecule has 4 heterocycles. The van der Waals surface area contributed by atoms with E-state index < -0.39 is 6.29 Å². The van der Waals surface area contributed by atoms with Crippen molar-refractivity contribution in [1.29, 1.82) is 0 Å². The summed E-state index contributed by atoms with van der Waals surface area (Å²) in [6, 6.07) is 3.34. The number of ether oxygens (including phenoxy) is 2. The van der Waals surface area contributed by atoms with Crippen LogP contribution in [0.1, 0.15) is 12.5 Å². The van der Waals surface area contributed by atoms with Gasteiger partial charge in [-0.15, -0.1) is 0 Å². The summed E-state index contributed by atoms with van der Waals surface area (Å²) < 4.78 is 14.3. The zero-order valence-corrected chi connectivity index (χ0v) is 11.6. The number of hydrogen-bond acceptors (Lipinski definition) is 7. The van der Waals surface area contributed by atoms with Gasteiger partial charge in [-0.05, 0) is 34.8 Å². The van der Waals surface area contributed by atoms with Gasteiger partial charge in [0.2, 0.25) is 11.1 Å². The van der Waals surface area contributed by atoms with Crippen molar-refractivity contribution in [1.82, 2.24) is 24.8 Å². The molecule has 2 aromatic heterocycles. The molecule has 2 aliphatic heterocycles. The maximum absolute atomic E-state index is 11.9. The number of ketones is 1. The summed E-state index contributed by atoms with van der Waals surface area (Å²) in [5.41, 5.74) is 0.720. The summed E-state index contributed by atoms with van der Waals surface area (Å²) in [5, 5.41) is 8.12. The van der Waals surface area contributed by atoms with E-state index in [0.717, 1.165) is 5.69 Å². The molecule has 2 aromatic rings. The lowest BCUT2D eigenvalue weighted by Gasteiger charge is -2.25. The van der Waals surface area contributed by atoms with E-state index in [1.54, 1.807) is 23.1 Å². The molecular formula is C12H11N5O3S. The number of tetrazole rings is 1. The second kappa shape index (κ2) is 4.79. The maximum atomic E-state index is 11.9. The minimum Gasteiger partial charge on any atom is -0.343 e. The van der Waals surface area contributed by atoms with Gasteiger partial charge in [-0.25, -0.2) is 4.68 Å². The molecule has 2 bridgehead atoms. The Labute approximate surface area is 124 Å². The number of aromatic nitrogens is 5. The van der Waals surface area contributed by atoms with Crippen LogP contribution in [-0.4, -0.2) is 49.6 Å². The molecular weight excluding hydrogens is 294 g/mol. The van der Waals surface area contributed by atoms with Crippen LogP contribution in [0.4, 0.5) is 0 Å². The van der Waals surface area contributed by atoms with Gasteiger partial charge in [0.1, 0.15) is 6.10 Å². The van der Waals surface area contributed by atoms with Gasteiger partial charge in [-0.2, -0.15) is 4.68 Å². The topological polar surface area (TPSA) is 84.1 Å². The van der Waals surface area contributed by atoms with Crippen LogP contribution in [0.2, 0.25) is 0 Å². The van der Waals surface area contributed by atoms with Crippen molar-refractivity contribution in [3.8, 4) is 5.69 Å². The van der Waals surface area contributed by atoms with Crippen LogP contribution in [-0.2, 0) is 14.3 Å². The van der Waals surface area contributed by atoms with Crippen LogP contribution in [0.15, 0.2) is 24.5 Å². The Hall–Kier alpha value is -1.97. The summed E-state index contributed by atoms with van der Waals surface area (Å²) in [5.74, 6) is -0.0911. The highest BCUT2D eigenvalue weighted by atomic mass is 32.1. The number of Topliss-reactive ketones (excluding diaryl/α,β-unsaturated/α-hetero) is 1. The zero-order valence-electron chi connectivity index (χ0n) is 10.8. The average Bonchev–Trinajstić information content (AvgIpc) is 3.10. The van der Waals surface area contributed by atoms with Crippen molar-refractivity contribution < 1.29 is 14.3 Å². The summed E-state index contributed by atoms with van der Waals surface area (Å²) in [6.07, 6.45) is 2.65. The van der Waals surface area contributed by atoms with Crippen molar-refractivity contribution in [2.24, 2.45) is 0 Å². The highest BCUT2D eigenvalue weighted by Gasteiger charge is 2.45. The molecule has 21 heavy (non-hydrogen) atoms. The van der Waals surface area contributed by atoms with Gasteiger partial charge in [0.05, 0.1) is 24.5 Å². The molecule has 0 saturated carbocycles. The fraction of sp³-hybridized carbons (Fsp3) is 0.417. The standard InChI is InChI=1S/C12H11N5O3S/c18-9-4-8(10-6-19-11(9)20-10)17-12(21)16(14-15-17)7-2-1-3-13-5-7/h1-3,5,8,10-11H,4,6H2/t8-,10+,11+/m0/s1. The van der Waals surface area contributed by atoms with Crippen molar-refractivity contribution in [3.05, 3.63) is 29.3 Å². The molecule has 2 fully saturated rings. The molecule has 0 spiro atoms. The Balaban J connectivity index is 1.72. The van der Waals surface area contributed by atoms with E-state index >= 15 is 0 Å². The Morgan fingerprint density at radius 2 is 2.29 bits per heavy atom. The van der Waals surface area contributed by atoms with Gasteiger partial charge < -0.3 is 9.47 Å². The lowest BCUT2D eigenvalue weighted by Crippen LogP contribution is -2.37. The van der Waals surface area contributed by atoms with E-state index in [1.807, 2.05) is 6.07 Å². The van der Waals surface area contributed by atoms with Crippen LogP contribution < -0.4 is 0 Å². The largest absolute Gasteiger partial charge is 0.343 e. The minimum atomic E-state index is -0.728. The Morgan fingerprint density at radius 1 is 1.38 bits per heavy atom. The monoisotopic (exact) mass is 305 g/mol. The van der Waals surface area contributed by atoms with Crippen molar-refractivity contribution in [3.63, 3.8) is 0 Å². The molecule has 0 aliphatic carbocycles. The first-order valence-electron chi connectivity index (χ1n) is 6.49. The van der Waals surface area contributed by atoms with E-state index in [9.17, 15) is 4.79 Å². The molecule has 8 nitrogen and oxygen atoms in total. The van der Waals surface area contributed by atoms with E-state index in [0.29, 0.717) is 11.4 Å². The first kappa shape index (κ1) is 12.7. The first-order chi connectivity index (χ1) is 10.2. The number of nitrogens with zero attached hydrogens (tertiary/aromatic N) is 5. The normalized spacial score (nSPS) is 28.0. The molecule has 0 unspecified atom stereocenters. The quantitative estimate of drug-likeness (QED) is 0.745. The van der Waals surface area contributed by atoms with Gasteiger partial charge in [0.15, 0.2) is 5.78 Å². The fourth-order valence-corrected chi connectivity index (χ4v) is 2.89. The predicted molar refractivity (Wildman–Crippen MR) is 71.3 cm³/mol. The molecule has 3 atom stereocenters. The van der Waals surface area contributed by atoms with Crippen LogP contribution in [0, 0.1) is 4.77 Å². The van der Waals surface area contributed by atoms with Gasteiger partial charge in [0, 0.05) is 12.6 Å². The molecule has 108 valence electrons. The van der Waals surface area contributed by atoms with Crippen LogP contribution in [0.5, 0.6) is 0 Å². The third-order valence-corrected chi connectivity index (χ3v) is 3.98. The molecule has 2 aliphatic rings. The van der Waals surface area contributed by atoms with Crippen LogP contribution in [0.3, 0.4) is 0 Å². The molecule has 0 amide bonds. The Morgan fingerprint density at radius 3 is 3.10 bits per heavy atom.